The third-order valence-corrected chi connectivity index (χ3v) is 6.80. The topological polar surface area (TPSA) is 81.8 Å². The van der Waals surface area contributed by atoms with Gasteiger partial charge in [0, 0.05) is 31.7 Å². The van der Waals surface area contributed by atoms with Gasteiger partial charge in [-0.2, -0.15) is 0 Å². The Labute approximate surface area is 211 Å². The maximum atomic E-state index is 13.8. The number of hydrogen-bond acceptors (Lipinski definition) is 4. The van der Waals surface area contributed by atoms with E-state index in [2.05, 4.69) is 10.6 Å². The molecule has 184 valence electrons. The van der Waals surface area contributed by atoms with Crippen molar-refractivity contribution in [3.05, 3.63) is 95.1 Å². The molecule has 2 aliphatic rings. The highest BCUT2D eigenvalue weighted by Crippen LogP contribution is 2.39. The van der Waals surface area contributed by atoms with Crippen molar-refractivity contribution in [1.82, 2.24) is 10.2 Å². The summed E-state index contributed by atoms with van der Waals surface area (Å²) in [6, 6.07) is 22.3. The summed E-state index contributed by atoms with van der Waals surface area (Å²) in [6.07, 6.45) is 0.331. The molecule has 3 amide bonds. The highest BCUT2D eigenvalue weighted by atomic mass is 16.2. The minimum atomic E-state index is -0.460. The van der Waals surface area contributed by atoms with Crippen molar-refractivity contribution >= 4 is 29.1 Å². The van der Waals surface area contributed by atoms with Gasteiger partial charge in [-0.05, 0) is 36.2 Å². The van der Waals surface area contributed by atoms with Gasteiger partial charge in [-0.25, -0.2) is 0 Å². The maximum Gasteiger partial charge on any atom is 0.254 e. The van der Waals surface area contributed by atoms with Crippen LogP contribution in [-0.2, 0) is 16.0 Å². The van der Waals surface area contributed by atoms with Gasteiger partial charge in [0.25, 0.3) is 5.91 Å². The molecule has 5 rings (SSSR count). The predicted molar refractivity (Wildman–Crippen MR) is 140 cm³/mol. The molecule has 1 unspecified atom stereocenters. The van der Waals surface area contributed by atoms with Crippen LogP contribution < -0.4 is 15.5 Å². The molecule has 0 aromatic heterocycles. The van der Waals surface area contributed by atoms with E-state index in [9.17, 15) is 14.4 Å². The molecular weight excluding hydrogens is 452 g/mol. The number of anilines is 2. The van der Waals surface area contributed by atoms with Crippen molar-refractivity contribution in [2.45, 2.75) is 25.8 Å². The van der Waals surface area contributed by atoms with Gasteiger partial charge in [0.1, 0.15) is 0 Å². The number of nitrogens with one attached hydrogen (secondary N) is 2. The lowest BCUT2D eigenvalue weighted by Crippen LogP contribution is -2.46. The monoisotopic (exact) mass is 482 g/mol. The predicted octanol–water partition coefficient (Wildman–Crippen LogP) is 3.70. The normalized spacial score (nSPS) is 17.7. The third kappa shape index (κ3) is 5.02. The molecule has 0 saturated carbocycles. The number of rotatable bonds is 4. The molecule has 1 saturated heterocycles. The molecule has 0 spiro atoms. The van der Waals surface area contributed by atoms with Crippen LogP contribution in [0.15, 0.2) is 72.8 Å². The van der Waals surface area contributed by atoms with Crippen molar-refractivity contribution in [3.63, 3.8) is 0 Å². The molecule has 1 atom stereocenters. The van der Waals surface area contributed by atoms with Crippen molar-refractivity contribution in [2.75, 3.05) is 36.4 Å². The highest BCUT2D eigenvalue weighted by Gasteiger charge is 2.34. The van der Waals surface area contributed by atoms with E-state index in [1.807, 2.05) is 66.4 Å². The second-order valence-electron chi connectivity index (χ2n) is 9.38. The Kier molecular flexibility index (Phi) is 6.82. The molecular formula is C29H30N4O3. The summed E-state index contributed by atoms with van der Waals surface area (Å²) in [7, 11) is 0. The van der Waals surface area contributed by atoms with Gasteiger partial charge in [-0.1, -0.05) is 60.2 Å². The molecule has 3 aromatic rings. The fourth-order valence-electron chi connectivity index (χ4n) is 4.89. The van der Waals surface area contributed by atoms with Crippen molar-refractivity contribution in [1.29, 1.82) is 0 Å². The third-order valence-electron chi connectivity index (χ3n) is 6.80. The molecule has 7 nitrogen and oxygen atoms in total. The first-order chi connectivity index (χ1) is 17.5. The Morgan fingerprint density at radius 3 is 2.39 bits per heavy atom. The van der Waals surface area contributed by atoms with E-state index >= 15 is 0 Å². The molecule has 0 radical (unpaired) electrons. The zero-order chi connectivity index (χ0) is 25.1. The fraction of sp³-hybridized carbons (Fsp3) is 0.276. The number of hydrogen-bond donors (Lipinski definition) is 2. The first kappa shape index (κ1) is 23.8. The van der Waals surface area contributed by atoms with Crippen molar-refractivity contribution in [3.8, 4) is 0 Å². The Bertz CT molecular complexity index is 1270. The molecule has 3 aromatic carbocycles. The van der Waals surface area contributed by atoms with Gasteiger partial charge in [-0.15, -0.1) is 0 Å². The Morgan fingerprint density at radius 1 is 0.944 bits per heavy atom. The quantitative estimate of drug-likeness (QED) is 0.594. The average Bonchev–Trinajstić information content (AvgIpc) is 3.05. The molecule has 2 aliphatic heterocycles. The van der Waals surface area contributed by atoms with E-state index in [0.717, 1.165) is 29.8 Å². The maximum absolute atomic E-state index is 13.8. The van der Waals surface area contributed by atoms with Crippen LogP contribution in [-0.4, -0.2) is 48.8 Å². The average molecular weight is 483 g/mol. The summed E-state index contributed by atoms with van der Waals surface area (Å²) >= 11 is 0. The SMILES string of the molecule is Cc1ccc(C2CC(=O)Nc3cc(C(=O)N4CCNCC4)ccc3N2C(=O)Cc2ccccc2)cc1. The van der Waals surface area contributed by atoms with E-state index in [-0.39, 0.29) is 30.6 Å². The van der Waals surface area contributed by atoms with Crippen LogP contribution >= 0.6 is 0 Å². The van der Waals surface area contributed by atoms with Gasteiger partial charge < -0.3 is 20.4 Å². The van der Waals surface area contributed by atoms with E-state index in [1.54, 1.807) is 23.1 Å². The van der Waals surface area contributed by atoms with Crippen LogP contribution in [0, 0.1) is 6.92 Å². The Hall–Kier alpha value is -3.97. The number of nitrogens with zero attached hydrogens (tertiary/aromatic N) is 2. The standard InChI is InChI=1S/C29H30N4O3/c1-20-7-9-22(10-8-20)26-19-27(34)31-24-18-23(29(36)32-15-13-30-14-16-32)11-12-25(24)33(26)28(35)17-21-5-3-2-4-6-21/h2-12,18,26,30H,13-17,19H2,1H3,(H,31,34). The number of benzene rings is 3. The number of carbonyl (C=O) groups is 3. The van der Waals surface area contributed by atoms with Crippen molar-refractivity contribution < 1.29 is 14.4 Å². The van der Waals surface area contributed by atoms with Gasteiger partial charge in [0.05, 0.1) is 30.3 Å². The summed E-state index contributed by atoms with van der Waals surface area (Å²) in [4.78, 5) is 43.5. The van der Waals surface area contributed by atoms with Crippen LogP contribution in [0.1, 0.15) is 39.5 Å². The van der Waals surface area contributed by atoms with E-state index in [4.69, 9.17) is 0 Å². The molecule has 36 heavy (non-hydrogen) atoms. The van der Waals surface area contributed by atoms with Crippen LogP contribution in [0.5, 0.6) is 0 Å². The largest absolute Gasteiger partial charge is 0.336 e. The van der Waals surface area contributed by atoms with E-state index < -0.39 is 6.04 Å². The first-order valence-electron chi connectivity index (χ1n) is 12.4. The zero-order valence-electron chi connectivity index (χ0n) is 20.4. The van der Waals surface area contributed by atoms with Crippen molar-refractivity contribution in [2.24, 2.45) is 0 Å². The Balaban J connectivity index is 1.55. The summed E-state index contributed by atoms with van der Waals surface area (Å²) in [6.45, 7) is 4.80. The van der Waals surface area contributed by atoms with Crippen LogP contribution in [0.3, 0.4) is 0 Å². The number of amides is 3. The van der Waals surface area contributed by atoms with Gasteiger partial charge >= 0.3 is 0 Å². The summed E-state index contributed by atoms with van der Waals surface area (Å²) in [5, 5.41) is 6.22. The smallest absolute Gasteiger partial charge is 0.254 e. The molecule has 7 heteroatoms. The molecule has 1 fully saturated rings. The second-order valence-corrected chi connectivity index (χ2v) is 9.38. The zero-order valence-corrected chi connectivity index (χ0v) is 20.4. The lowest BCUT2D eigenvalue weighted by molar-refractivity contribution is -0.119. The summed E-state index contributed by atoms with van der Waals surface area (Å²) in [5.74, 6) is -0.371. The van der Waals surface area contributed by atoms with Gasteiger partial charge in [0.15, 0.2) is 0 Å². The molecule has 2 heterocycles. The molecule has 0 bridgehead atoms. The lowest BCUT2D eigenvalue weighted by atomic mass is 9.99. The Morgan fingerprint density at radius 2 is 1.67 bits per heavy atom. The lowest BCUT2D eigenvalue weighted by Gasteiger charge is -2.31. The summed E-state index contributed by atoms with van der Waals surface area (Å²) in [5.41, 5.74) is 4.49. The molecule has 2 N–H and O–H groups in total. The number of piperazine rings is 1. The van der Waals surface area contributed by atoms with Crippen LogP contribution in [0.25, 0.3) is 0 Å². The highest BCUT2D eigenvalue weighted by molar-refractivity contribution is 6.07. The van der Waals surface area contributed by atoms with Gasteiger partial charge in [0.2, 0.25) is 11.8 Å². The van der Waals surface area contributed by atoms with Gasteiger partial charge in [-0.3, -0.25) is 14.4 Å². The van der Waals surface area contributed by atoms with E-state index in [0.29, 0.717) is 30.0 Å². The van der Waals surface area contributed by atoms with Crippen LogP contribution in [0.2, 0.25) is 0 Å². The minimum absolute atomic E-state index is 0.0740. The second kappa shape index (κ2) is 10.3. The first-order valence-corrected chi connectivity index (χ1v) is 12.4. The number of carbonyl (C=O) groups excluding carboxylic acids is 3. The minimum Gasteiger partial charge on any atom is -0.336 e. The molecule has 0 aliphatic carbocycles. The van der Waals surface area contributed by atoms with E-state index in [1.165, 1.54) is 0 Å². The fourth-order valence-corrected chi connectivity index (χ4v) is 4.89. The summed E-state index contributed by atoms with van der Waals surface area (Å²) < 4.78 is 0. The van der Waals surface area contributed by atoms with Crippen LogP contribution in [0.4, 0.5) is 11.4 Å². The number of fused-ring (bicyclic) bond motifs is 1. The number of aryl methyl sites for hydroxylation is 1.